The first-order chi connectivity index (χ1) is 7.27. The summed E-state index contributed by atoms with van der Waals surface area (Å²) in [6.07, 6.45) is 5.31. The summed E-state index contributed by atoms with van der Waals surface area (Å²) in [6, 6.07) is 0. The minimum absolute atomic E-state index is 0.102. The molecular weight excluding hydrogens is 192 g/mol. The Morgan fingerprint density at radius 3 is 3.13 bits per heavy atom. The topological polar surface area (TPSA) is 27.7 Å². The molecule has 3 heteroatoms. The molecule has 0 amide bonds. The Balaban J connectivity index is 1.81. The van der Waals surface area contributed by atoms with E-state index in [0.717, 1.165) is 6.42 Å². The number of hydrogen-bond acceptors (Lipinski definition) is 3. The second-order valence-corrected chi connectivity index (χ2v) is 4.48. The van der Waals surface area contributed by atoms with Crippen LogP contribution in [0.4, 0.5) is 0 Å². The Morgan fingerprint density at radius 2 is 2.47 bits per heavy atom. The predicted octanol–water partition coefficient (Wildman–Crippen LogP) is 2.12. The van der Waals surface area contributed by atoms with Crippen molar-refractivity contribution in [3.8, 4) is 0 Å². The molecule has 2 rings (SSSR count). The standard InChI is InChI=1S/C12H20O3/c1-3-7-13-8-11-9-14-12(15-11)6-4-5-10(12)2/h3,10-11H,1,4-9H2,2H3. The molecule has 3 nitrogen and oxygen atoms in total. The van der Waals surface area contributed by atoms with E-state index in [1.807, 2.05) is 0 Å². The van der Waals surface area contributed by atoms with E-state index in [0.29, 0.717) is 25.7 Å². The van der Waals surface area contributed by atoms with Crippen LogP contribution >= 0.6 is 0 Å². The molecule has 1 aliphatic heterocycles. The minimum Gasteiger partial charge on any atom is -0.375 e. The summed E-state index contributed by atoms with van der Waals surface area (Å²) in [5.41, 5.74) is 0. The summed E-state index contributed by atoms with van der Waals surface area (Å²) < 4.78 is 17.2. The molecule has 0 aromatic carbocycles. The van der Waals surface area contributed by atoms with E-state index in [2.05, 4.69) is 13.5 Å². The Kier molecular flexibility index (Phi) is 3.44. The number of hydrogen-bond donors (Lipinski definition) is 0. The van der Waals surface area contributed by atoms with Crippen molar-refractivity contribution in [2.45, 2.75) is 38.1 Å². The first kappa shape index (κ1) is 11.1. The van der Waals surface area contributed by atoms with Gasteiger partial charge in [-0.15, -0.1) is 6.58 Å². The third kappa shape index (κ3) is 2.25. The zero-order valence-corrected chi connectivity index (χ0v) is 9.41. The fraction of sp³-hybridized carbons (Fsp3) is 0.833. The number of ether oxygens (including phenoxy) is 3. The molecule has 1 saturated carbocycles. The van der Waals surface area contributed by atoms with Gasteiger partial charge in [0.15, 0.2) is 5.79 Å². The number of rotatable bonds is 4. The molecule has 0 N–H and O–H groups in total. The van der Waals surface area contributed by atoms with Crippen LogP contribution in [0.5, 0.6) is 0 Å². The molecule has 0 aromatic heterocycles. The molecule has 3 unspecified atom stereocenters. The van der Waals surface area contributed by atoms with Gasteiger partial charge in [-0.2, -0.15) is 0 Å². The van der Waals surface area contributed by atoms with Crippen LogP contribution in [-0.2, 0) is 14.2 Å². The molecule has 1 spiro atoms. The van der Waals surface area contributed by atoms with Gasteiger partial charge in [0.05, 0.1) is 19.8 Å². The Labute approximate surface area is 91.4 Å². The molecule has 1 aliphatic carbocycles. The lowest BCUT2D eigenvalue weighted by atomic mass is 10.1. The fourth-order valence-electron chi connectivity index (χ4n) is 2.46. The molecule has 2 aliphatic rings. The van der Waals surface area contributed by atoms with Gasteiger partial charge in [-0.1, -0.05) is 13.0 Å². The third-order valence-electron chi connectivity index (χ3n) is 3.33. The normalized spacial score (nSPS) is 40.1. The van der Waals surface area contributed by atoms with Crippen LogP contribution in [0.2, 0.25) is 0 Å². The molecule has 15 heavy (non-hydrogen) atoms. The Morgan fingerprint density at radius 1 is 1.60 bits per heavy atom. The van der Waals surface area contributed by atoms with Crippen molar-refractivity contribution < 1.29 is 14.2 Å². The summed E-state index contributed by atoms with van der Waals surface area (Å²) >= 11 is 0. The quantitative estimate of drug-likeness (QED) is 0.527. The van der Waals surface area contributed by atoms with Gasteiger partial charge in [-0.05, 0) is 12.8 Å². The van der Waals surface area contributed by atoms with Gasteiger partial charge in [0.1, 0.15) is 6.10 Å². The van der Waals surface area contributed by atoms with Crippen molar-refractivity contribution in [2.24, 2.45) is 5.92 Å². The van der Waals surface area contributed by atoms with E-state index >= 15 is 0 Å². The Hall–Kier alpha value is -0.380. The van der Waals surface area contributed by atoms with E-state index in [-0.39, 0.29) is 11.9 Å². The van der Waals surface area contributed by atoms with E-state index in [4.69, 9.17) is 14.2 Å². The molecule has 0 bridgehead atoms. The van der Waals surface area contributed by atoms with Crippen molar-refractivity contribution in [3.63, 3.8) is 0 Å². The highest BCUT2D eigenvalue weighted by Gasteiger charge is 2.48. The van der Waals surface area contributed by atoms with Gasteiger partial charge < -0.3 is 14.2 Å². The van der Waals surface area contributed by atoms with Gasteiger partial charge in [-0.3, -0.25) is 0 Å². The monoisotopic (exact) mass is 212 g/mol. The van der Waals surface area contributed by atoms with Gasteiger partial charge >= 0.3 is 0 Å². The summed E-state index contributed by atoms with van der Waals surface area (Å²) in [7, 11) is 0. The summed E-state index contributed by atoms with van der Waals surface area (Å²) in [5.74, 6) is 0.226. The molecule has 0 radical (unpaired) electrons. The fourth-order valence-corrected chi connectivity index (χ4v) is 2.46. The molecule has 0 aromatic rings. The molecule has 2 fully saturated rings. The van der Waals surface area contributed by atoms with E-state index in [1.165, 1.54) is 12.8 Å². The van der Waals surface area contributed by atoms with Crippen LogP contribution in [0.15, 0.2) is 12.7 Å². The highest BCUT2D eigenvalue weighted by Crippen LogP contribution is 2.43. The van der Waals surface area contributed by atoms with Crippen molar-refractivity contribution in [2.75, 3.05) is 19.8 Å². The summed E-state index contributed by atoms with van der Waals surface area (Å²) in [5, 5.41) is 0. The summed E-state index contributed by atoms with van der Waals surface area (Å²) in [4.78, 5) is 0. The average Bonchev–Trinajstić information content (AvgIpc) is 2.78. The van der Waals surface area contributed by atoms with Crippen molar-refractivity contribution in [3.05, 3.63) is 12.7 Å². The second kappa shape index (κ2) is 4.64. The molecular formula is C12H20O3. The summed E-state index contributed by atoms with van der Waals surface area (Å²) in [6.45, 7) is 7.68. The zero-order valence-electron chi connectivity index (χ0n) is 9.41. The maximum atomic E-state index is 5.99. The van der Waals surface area contributed by atoms with Crippen LogP contribution in [0, 0.1) is 5.92 Å². The highest BCUT2D eigenvalue weighted by atomic mass is 16.8. The largest absolute Gasteiger partial charge is 0.375 e. The van der Waals surface area contributed by atoms with Crippen molar-refractivity contribution in [1.29, 1.82) is 0 Å². The lowest BCUT2D eigenvalue weighted by Gasteiger charge is -2.27. The second-order valence-electron chi connectivity index (χ2n) is 4.48. The van der Waals surface area contributed by atoms with E-state index in [9.17, 15) is 0 Å². The van der Waals surface area contributed by atoms with Gasteiger partial charge in [0.2, 0.25) is 0 Å². The molecule has 86 valence electrons. The molecule has 1 saturated heterocycles. The highest BCUT2D eigenvalue weighted by molar-refractivity contribution is 4.89. The first-order valence-corrected chi connectivity index (χ1v) is 5.77. The third-order valence-corrected chi connectivity index (χ3v) is 3.33. The van der Waals surface area contributed by atoms with Gasteiger partial charge in [0, 0.05) is 12.3 Å². The van der Waals surface area contributed by atoms with Crippen LogP contribution in [0.1, 0.15) is 26.2 Å². The lowest BCUT2D eigenvalue weighted by Crippen LogP contribution is -2.34. The minimum atomic E-state index is -0.289. The van der Waals surface area contributed by atoms with Crippen LogP contribution in [0.25, 0.3) is 0 Å². The smallest absolute Gasteiger partial charge is 0.171 e. The molecule has 3 atom stereocenters. The first-order valence-electron chi connectivity index (χ1n) is 5.77. The van der Waals surface area contributed by atoms with Crippen LogP contribution in [0.3, 0.4) is 0 Å². The Bertz CT molecular complexity index is 229. The average molecular weight is 212 g/mol. The van der Waals surface area contributed by atoms with Crippen molar-refractivity contribution >= 4 is 0 Å². The maximum Gasteiger partial charge on any atom is 0.171 e. The van der Waals surface area contributed by atoms with Crippen LogP contribution in [-0.4, -0.2) is 31.7 Å². The van der Waals surface area contributed by atoms with E-state index < -0.39 is 0 Å². The van der Waals surface area contributed by atoms with Gasteiger partial charge in [0.25, 0.3) is 0 Å². The van der Waals surface area contributed by atoms with E-state index in [1.54, 1.807) is 6.08 Å². The van der Waals surface area contributed by atoms with Crippen LogP contribution < -0.4 is 0 Å². The molecule has 1 heterocycles. The maximum absolute atomic E-state index is 5.99. The zero-order chi connectivity index (χ0) is 10.7. The predicted molar refractivity (Wildman–Crippen MR) is 57.6 cm³/mol. The lowest BCUT2D eigenvalue weighted by molar-refractivity contribution is -0.191. The van der Waals surface area contributed by atoms with Gasteiger partial charge in [-0.25, -0.2) is 0 Å². The van der Waals surface area contributed by atoms with Crippen molar-refractivity contribution in [1.82, 2.24) is 0 Å². The SMILES string of the molecule is C=CCOCC1COC2(CCCC2C)O1.